The molecule has 106 valence electrons. The van der Waals surface area contributed by atoms with Crippen LogP contribution in [0.15, 0.2) is 29.2 Å². The maximum absolute atomic E-state index is 12.1. The molecule has 1 aromatic rings. The zero-order chi connectivity index (χ0) is 14.0. The minimum atomic E-state index is -3.08. The van der Waals surface area contributed by atoms with Crippen LogP contribution in [0.1, 0.15) is 38.7 Å². The molecule has 0 fully saturated rings. The van der Waals surface area contributed by atoms with E-state index in [9.17, 15) is 8.42 Å². The largest absolute Gasteiger partial charge is 0.313 e. The van der Waals surface area contributed by atoms with Crippen molar-refractivity contribution in [1.82, 2.24) is 5.32 Å². The lowest BCUT2D eigenvalue weighted by atomic mass is 9.83. The van der Waals surface area contributed by atoms with Gasteiger partial charge in [-0.25, -0.2) is 8.42 Å². The Balaban J connectivity index is 2.44. The van der Waals surface area contributed by atoms with E-state index in [-0.39, 0.29) is 5.75 Å². The van der Waals surface area contributed by atoms with Gasteiger partial charge in [-0.3, -0.25) is 0 Å². The highest BCUT2D eigenvalue weighted by molar-refractivity contribution is 7.91. The molecule has 1 heterocycles. The number of hydrogen-bond donors (Lipinski definition) is 1. The zero-order valence-corrected chi connectivity index (χ0v) is 12.7. The fourth-order valence-corrected chi connectivity index (χ4v) is 4.72. The second-order valence-corrected chi connectivity index (χ2v) is 7.66. The van der Waals surface area contributed by atoms with E-state index >= 15 is 0 Å². The molecular formula is C15H23NO2S. The Labute approximate surface area is 116 Å². The normalized spacial score (nSPS) is 23.1. The van der Waals surface area contributed by atoms with Crippen molar-refractivity contribution < 1.29 is 8.42 Å². The highest BCUT2D eigenvalue weighted by atomic mass is 32.2. The summed E-state index contributed by atoms with van der Waals surface area (Å²) in [5.74, 6) is 1.04. The monoisotopic (exact) mass is 281 g/mol. The van der Waals surface area contributed by atoms with Crippen LogP contribution in [-0.4, -0.2) is 26.8 Å². The lowest BCUT2D eigenvalue weighted by Crippen LogP contribution is -2.41. The van der Waals surface area contributed by atoms with Gasteiger partial charge in [-0.15, -0.1) is 0 Å². The van der Waals surface area contributed by atoms with Crippen molar-refractivity contribution in [3.05, 3.63) is 29.8 Å². The summed E-state index contributed by atoms with van der Waals surface area (Å²) >= 11 is 0. The molecule has 0 radical (unpaired) electrons. The highest BCUT2D eigenvalue weighted by Crippen LogP contribution is 2.37. The molecule has 2 atom stereocenters. The van der Waals surface area contributed by atoms with Gasteiger partial charge in [-0.2, -0.15) is 0 Å². The first kappa shape index (κ1) is 14.5. The molecule has 1 aromatic carbocycles. The summed E-state index contributed by atoms with van der Waals surface area (Å²) in [5.41, 5.74) is 0.994. The molecule has 3 nitrogen and oxygen atoms in total. The van der Waals surface area contributed by atoms with Crippen molar-refractivity contribution in [3.8, 4) is 0 Å². The van der Waals surface area contributed by atoms with Crippen LogP contribution in [0.25, 0.3) is 0 Å². The number of hydrogen-bond acceptors (Lipinski definition) is 3. The molecule has 2 unspecified atom stereocenters. The molecule has 1 N–H and O–H groups in total. The molecule has 2 rings (SSSR count). The van der Waals surface area contributed by atoms with Gasteiger partial charge in [0.1, 0.15) is 0 Å². The van der Waals surface area contributed by atoms with Gasteiger partial charge in [0.25, 0.3) is 0 Å². The minimum Gasteiger partial charge on any atom is -0.313 e. The van der Waals surface area contributed by atoms with Gasteiger partial charge in [-0.05, 0) is 30.5 Å². The zero-order valence-electron chi connectivity index (χ0n) is 11.9. The third-order valence-electron chi connectivity index (χ3n) is 3.94. The van der Waals surface area contributed by atoms with Gasteiger partial charge in [-0.1, -0.05) is 39.0 Å². The van der Waals surface area contributed by atoms with Crippen LogP contribution in [0.5, 0.6) is 0 Å². The van der Waals surface area contributed by atoms with Crippen molar-refractivity contribution >= 4 is 9.84 Å². The molecule has 0 bridgehead atoms. The quantitative estimate of drug-likeness (QED) is 0.922. The van der Waals surface area contributed by atoms with Gasteiger partial charge in [0, 0.05) is 12.0 Å². The van der Waals surface area contributed by atoms with Gasteiger partial charge in [0.2, 0.25) is 0 Å². The van der Waals surface area contributed by atoms with Gasteiger partial charge < -0.3 is 5.32 Å². The maximum atomic E-state index is 12.1. The average Bonchev–Trinajstić information content (AvgIpc) is 2.37. The summed E-state index contributed by atoms with van der Waals surface area (Å²) in [6.07, 6.45) is 0.717. The molecule has 0 amide bonds. The molecule has 0 saturated heterocycles. The fourth-order valence-electron chi connectivity index (χ4n) is 3.07. The van der Waals surface area contributed by atoms with Crippen LogP contribution in [0, 0.1) is 5.92 Å². The fraction of sp³-hybridized carbons (Fsp3) is 0.600. The second kappa shape index (κ2) is 5.63. The summed E-state index contributed by atoms with van der Waals surface area (Å²) in [6, 6.07) is 7.82. The molecule has 19 heavy (non-hydrogen) atoms. The van der Waals surface area contributed by atoms with E-state index in [0.29, 0.717) is 22.8 Å². The molecule has 0 aromatic heterocycles. The van der Waals surface area contributed by atoms with Crippen LogP contribution in [0.4, 0.5) is 0 Å². The SMILES string of the molecule is CCNC(C(C)C)C1CCS(=O)(=O)c2ccccc21. The first-order chi connectivity index (χ1) is 8.97. The third-order valence-corrected chi connectivity index (χ3v) is 5.76. The highest BCUT2D eigenvalue weighted by Gasteiger charge is 2.35. The smallest absolute Gasteiger partial charge is 0.178 e. The van der Waals surface area contributed by atoms with Crippen molar-refractivity contribution in [1.29, 1.82) is 0 Å². The Hall–Kier alpha value is -0.870. The lowest BCUT2D eigenvalue weighted by Gasteiger charge is -2.35. The van der Waals surface area contributed by atoms with E-state index in [4.69, 9.17) is 0 Å². The number of benzene rings is 1. The lowest BCUT2D eigenvalue weighted by molar-refractivity contribution is 0.335. The molecule has 4 heteroatoms. The molecule has 1 aliphatic heterocycles. The first-order valence-electron chi connectivity index (χ1n) is 7.02. The number of sulfone groups is 1. The van der Waals surface area contributed by atoms with Gasteiger partial charge >= 0.3 is 0 Å². The van der Waals surface area contributed by atoms with E-state index in [2.05, 4.69) is 26.1 Å². The minimum absolute atomic E-state index is 0.267. The van der Waals surface area contributed by atoms with Crippen LogP contribution in [0.2, 0.25) is 0 Å². The number of rotatable bonds is 4. The average molecular weight is 281 g/mol. The number of nitrogens with one attached hydrogen (secondary N) is 1. The van der Waals surface area contributed by atoms with Crippen LogP contribution < -0.4 is 5.32 Å². The third kappa shape index (κ3) is 2.84. The Bertz CT molecular complexity index is 537. The number of likely N-dealkylation sites (N-methyl/N-ethyl adjacent to an activating group) is 1. The van der Waals surface area contributed by atoms with E-state index in [1.165, 1.54) is 0 Å². The Morgan fingerprint density at radius 1 is 1.32 bits per heavy atom. The predicted molar refractivity (Wildman–Crippen MR) is 78.2 cm³/mol. The van der Waals surface area contributed by atoms with Gasteiger partial charge in [0.15, 0.2) is 9.84 Å². The van der Waals surface area contributed by atoms with E-state index in [0.717, 1.165) is 18.5 Å². The molecule has 0 saturated carbocycles. The first-order valence-corrected chi connectivity index (χ1v) is 8.67. The predicted octanol–water partition coefficient (Wildman–Crippen LogP) is 2.58. The Morgan fingerprint density at radius 3 is 2.63 bits per heavy atom. The van der Waals surface area contributed by atoms with Crippen LogP contribution in [-0.2, 0) is 9.84 Å². The topological polar surface area (TPSA) is 46.2 Å². The summed E-state index contributed by atoms with van der Waals surface area (Å²) in [5, 5.41) is 3.53. The van der Waals surface area contributed by atoms with Crippen molar-refractivity contribution in [2.75, 3.05) is 12.3 Å². The number of fused-ring (bicyclic) bond motifs is 1. The standard InChI is InChI=1S/C15H23NO2S/c1-4-16-15(11(2)3)13-9-10-19(17,18)14-8-6-5-7-12(13)14/h5-8,11,13,15-16H,4,9-10H2,1-3H3. The van der Waals surface area contributed by atoms with Crippen LogP contribution in [0.3, 0.4) is 0 Å². The van der Waals surface area contributed by atoms with Crippen molar-refractivity contribution in [3.63, 3.8) is 0 Å². The Kier molecular flexibility index (Phi) is 4.31. The van der Waals surface area contributed by atoms with Crippen LogP contribution >= 0.6 is 0 Å². The van der Waals surface area contributed by atoms with Crippen molar-refractivity contribution in [2.45, 2.75) is 44.0 Å². The van der Waals surface area contributed by atoms with Gasteiger partial charge in [0.05, 0.1) is 10.6 Å². The van der Waals surface area contributed by atoms with E-state index in [1.807, 2.05) is 18.2 Å². The summed E-state index contributed by atoms with van der Waals surface area (Å²) in [4.78, 5) is 0.537. The molecule has 0 aliphatic carbocycles. The maximum Gasteiger partial charge on any atom is 0.178 e. The molecular weight excluding hydrogens is 258 g/mol. The summed E-state index contributed by atoms with van der Waals surface area (Å²) in [7, 11) is -3.08. The summed E-state index contributed by atoms with van der Waals surface area (Å²) in [6.45, 7) is 7.40. The summed E-state index contributed by atoms with van der Waals surface area (Å²) < 4.78 is 24.3. The van der Waals surface area contributed by atoms with Crippen molar-refractivity contribution in [2.24, 2.45) is 5.92 Å². The Morgan fingerprint density at radius 2 is 2.00 bits per heavy atom. The molecule has 1 aliphatic rings. The van der Waals surface area contributed by atoms with E-state index in [1.54, 1.807) is 6.07 Å². The van der Waals surface area contributed by atoms with E-state index < -0.39 is 9.84 Å². The second-order valence-electron chi connectivity index (χ2n) is 5.58. The molecule has 0 spiro atoms.